The molecule has 0 radical (unpaired) electrons. The van der Waals surface area contributed by atoms with Crippen LogP contribution < -0.4 is 10.1 Å². The van der Waals surface area contributed by atoms with Gasteiger partial charge in [-0.15, -0.1) is 10.2 Å². The SMILES string of the molecule is CCC(C)(C)c1ccc(OCCCCNC(=O)CCCSc2nnc3c4ccccc4n(Cc4ccccc4C)c3n2)c(C(C)(C)CC)c1. The molecule has 2 aromatic heterocycles. The number of rotatable bonds is 17. The molecule has 0 bridgehead atoms. The zero-order valence-electron chi connectivity index (χ0n) is 30.4. The number of fused-ring (bicyclic) bond motifs is 3. The van der Waals surface area contributed by atoms with Gasteiger partial charge in [0.25, 0.3) is 0 Å². The molecule has 5 rings (SSSR count). The van der Waals surface area contributed by atoms with Crippen LogP contribution in [-0.2, 0) is 22.2 Å². The van der Waals surface area contributed by atoms with Gasteiger partial charge < -0.3 is 14.6 Å². The largest absolute Gasteiger partial charge is 0.493 e. The summed E-state index contributed by atoms with van der Waals surface area (Å²) in [5, 5.41) is 13.8. The van der Waals surface area contributed by atoms with Crippen LogP contribution in [0.1, 0.15) is 102 Å². The van der Waals surface area contributed by atoms with Gasteiger partial charge in [-0.2, -0.15) is 0 Å². The smallest absolute Gasteiger partial charge is 0.220 e. The van der Waals surface area contributed by atoms with E-state index in [1.807, 2.05) is 6.07 Å². The predicted octanol–water partition coefficient (Wildman–Crippen LogP) is 9.56. The van der Waals surface area contributed by atoms with Crippen LogP contribution in [0.5, 0.6) is 5.75 Å². The van der Waals surface area contributed by atoms with Crippen molar-refractivity contribution in [3.63, 3.8) is 0 Å². The van der Waals surface area contributed by atoms with Crippen molar-refractivity contribution < 1.29 is 9.53 Å². The Morgan fingerprint density at radius 1 is 0.898 bits per heavy atom. The molecule has 0 aliphatic rings. The lowest BCUT2D eigenvalue weighted by Gasteiger charge is -2.30. The van der Waals surface area contributed by atoms with Crippen molar-refractivity contribution in [3.8, 4) is 5.75 Å². The monoisotopic (exact) mass is 679 g/mol. The Balaban J connectivity index is 1.07. The van der Waals surface area contributed by atoms with Crippen LogP contribution >= 0.6 is 11.8 Å². The Morgan fingerprint density at radius 3 is 2.43 bits per heavy atom. The van der Waals surface area contributed by atoms with Gasteiger partial charge in [0.1, 0.15) is 11.3 Å². The molecule has 5 aromatic rings. The highest BCUT2D eigenvalue weighted by atomic mass is 32.2. The highest BCUT2D eigenvalue weighted by molar-refractivity contribution is 7.99. The maximum Gasteiger partial charge on any atom is 0.220 e. The average Bonchev–Trinajstić information content (AvgIpc) is 3.41. The number of hydrogen-bond acceptors (Lipinski definition) is 6. The van der Waals surface area contributed by atoms with Crippen molar-refractivity contribution in [2.24, 2.45) is 0 Å². The molecular weight excluding hydrogens is 627 g/mol. The molecule has 0 saturated heterocycles. The number of para-hydroxylation sites is 1. The van der Waals surface area contributed by atoms with E-state index in [-0.39, 0.29) is 16.7 Å². The van der Waals surface area contributed by atoms with Crippen molar-refractivity contribution in [2.45, 2.75) is 110 Å². The highest BCUT2D eigenvalue weighted by Crippen LogP contribution is 2.38. The number of carbonyl (C=O) groups excluding carboxylic acids is 1. The third-order valence-electron chi connectivity index (χ3n) is 10.1. The van der Waals surface area contributed by atoms with Gasteiger partial charge in [0, 0.05) is 36.2 Å². The van der Waals surface area contributed by atoms with E-state index < -0.39 is 0 Å². The summed E-state index contributed by atoms with van der Waals surface area (Å²) in [6.45, 7) is 17.8. The van der Waals surface area contributed by atoms with Crippen molar-refractivity contribution in [3.05, 3.63) is 89.0 Å². The standard InChI is InChI=1S/C41H53N5O2S/c1-8-40(4,5)31-22-23-35(33(27-31)41(6,7)9-2)48-25-15-14-24-42-36(47)21-16-26-49-39-43-38-37(44-45-39)32-19-12-13-20-34(32)46(38)28-30-18-11-10-17-29(30)3/h10-13,17-20,22-23,27H,8-9,14-16,21,24-26,28H2,1-7H3,(H,42,47). The van der Waals surface area contributed by atoms with E-state index in [0.29, 0.717) is 31.3 Å². The topological polar surface area (TPSA) is 81.9 Å². The van der Waals surface area contributed by atoms with Crippen LogP contribution in [0.3, 0.4) is 0 Å². The fraction of sp³-hybridized carbons (Fsp3) is 0.463. The Kier molecular flexibility index (Phi) is 12.0. The van der Waals surface area contributed by atoms with Crippen molar-refractivity contribution >= 4 is 39.7 Å². The Bertz CT molecular complexity index is 1880. The molecule has 7 nitrogen and oxygen atoms in total. The fourth-order valence-corrected chi connectivity index (χ4v) is 6.71. The Labute approximate surface area is 296 Å². The van der Waals surface area contributed by atoms with E-state index in [0.717, 1.165) is 65.7 Å². The molecule has 260 valence electrons. The lowest BCUT2D eigenvalue weighted by molar-refractivity contribution is -0.121. The fourth-order valence-electron chi connectivity index (χ4n) is 5.99. The van der Waals surface area contributed by atoms with Crippen molar-refractivity contribution in [1.29, 1.82) is 0 Å². The maximum absolute atomic E-state index is 12.6. The van der Waals surface area contributed by atoms with E-state index in [1.54, 1.807) is 11.8 Å². The molecule has 0 unspecified atom stereocenters. The first kappa shape index (κ1) is 36.4. The van der Waals surface area contributed by atoms with Gasteiger partial charge in [-0.25, -0.2) is 4.98 Å². The number of unbranched alkanes of at least 4 members (excludes halogenated alkanes) is 1. The summed E-state index contributed by atoms with van der Waals surface area (Å²) in [6, 6.07) is 23.5. The lowest BCUT2D eigenvalue weighted by atomic mass is 9.76. The molecule has 0 aliphatic carbocycles. The number of hydrogen-bond donors (Lipinski definition) is 1. The van der Waals surface area contributed by atoms with Gasteiger partial charge in [0.05, 0.1) is 12.1 Å². The van der Waals surface area contributed by atoms with Crippen LogP contribution in [0.15, 0.2) is 71.9 Å². The zero-order valence-corrected chi connectivity index (χ0v) is 31.3. The molecule has 0 saturated carbocycles. The Morgan fingerprint density at radius 2 is 1.65 bits per heavy atom. The second-order valence-corrected chi connectivity index (χ2v) is 15.4. The van der Waals surface area contributed by atoms with E-state index in [1.165, 1.54) is 22.3 Å². The van der Waals surface area contributed by atoms with E-state index in [2.05, 4.69) is 129 Å². The predicted molar refractivity (Wildman–Crippen MR) is 204 cm³/mol. The highest BCUT2D eigenvalue weighted by Gasteiger charge is 2.26. The number of thioether (sulfide) groups is 1. The van der Waals surface area contributed by atoms with E-state index in [4.69, 9.17) is 9.72 Å². The second-order valence-electron chi connectivity index (χ2n) is 14.3. The number of aryl methyl sites for hydroxylation is 1. The number of benzene rings is 3. The first-order valence-electron chi connectivity index (χ1n) is 17.9. The number of nitrogens with zero attached hydrogens (tertiary/aromatic N) is 4. The summed E-state index contributed by atoms with van der Waals surface area (Å²) in [5.74, 6) is 1.81. The molecule has 0 fully saturated rings. The minimum absolute atomic E-state index is 0.0401. The molecule has 0 aliphatic heterocycles. The first-order chi connectivity index (χ1) is 23.5. The quantitative estimate of drug-likeness (QED) is 0.0779. The van der Waals surface area contributed by atoms with Gasteiger partial charge in [-0.05, 0) is 78.7 Å². The molecular formula is C41H53N5O2S. The first-order valence-corrected chi connectivity index (χ1v) is 18.9. The van der Waals surface area contributed by atoms with Gasteiger partial charge in [0.15, 0.2) is 5.65 Å². The summed E-state index contributed by atoms with van der Waals surface area (Å²) in [5.41, 5.74) is 8.08. The molecule has 49 heavy (non-hydrogen) atoms. The molecule has 3 aromatic carbocycles. The minimum Gasteiger partial charge on any atom is -0.493 e. The molecule has 2 heterocycles. The van der Waals surface area contributed by atoms with Gasteiger partial charge in [-0.1, -0.05) is 108 Å². The summed E-state index contributed by atoms with van der Waals surface area (Å²) < 4.78 is 8.54. The van der Waals surface area contributed by atoms with Crippen LogP contribution in [0.2, 0.25) is 0 Å². The third-order valence-corrected chi connectivity index (χ3v) is 11.1. The van der Waals surface area contributed by atoms with Crippen molar-refractivity contribution in [1.82, 2.24) is 25.1 Å². The van der Waals surface area contributed by atoms with Gasteiger partial charge in [-0.3, -0.25) is 4.79 Å². The van der Waals surface area contributed by atoms with E-state index >= 15 is 0 Å². The molecule has 1 amide bonds. The summed E-state index contributed by atoms with van der Waals surface area (Å²) in [7, 11) is 0. The van der Waals surface area contributed by atoms with Crippen LogP contribution in [0, 0.1) is 6.92 Å². The van der Waals surface area contributed by atoms with Gasteiger partial charge in [0.2, 0.25) is 11.1 Å². The maximum atomic E-state index is 12.6. The number of nitrogens with one attached hydrogen (secondary N) is 1. The lowest BCUT2D eigenvalue weighted by Crippen LogP contribution is -2.24. The van der Waals surface area contributed by atoms with Crippen LogP contribution in [0.25, 0.3) is 22.1 Å². The third kappa shape index (κ3) is 8.82. The summed E-state index contributed by atoms with van der Waals surface area (Å²) in [6.07, 6.45) is 5.12. The number of amides is 1. The van der Waals surface area contributed by atoms with E-state index in [9.17, 15) is 4.79 Å². The zero-order chi connectivity index (χ0) is 35.0. The normalized spacial score (nSPS) is 12.1. The summed E-state index contributed by atoms with van der Waals surface area (Å²) in [4.78, 5) is 17.5. The summed E-state index contributed by atoms with van der Waals surface area (Å²) >= 11 is 1.55. The molecule has 0 atom stereocenters. The second kappa shape index (κ2) is 16.2. The van der Waals surface area contributed by atoms with Gasteiger partial charge >= 0.3 is 0 Å². The molecule has 1 N–H and O–H groups in total. The van der Waals surface area contributed by atoms with Crippen LogP contribution in [0.4, 0.5) is 0 Å². The Hall–Kier alpha value is -3.91. The minimum atomic E-state index is 0.0401. The number of carbonyl (C=O) groups is 1. The number of ether oxygens (including phenoxy) is 1. The molecule has 0 spiro atoms. The molecule has 8 heteroatoms. The van der Waals surface area contributed by atoms with Crippen LogP contribution in [-0.4, -0.2) is 44.6 Å². The number of aromatic nitrogens is 4. The average molecular weight is 680 g/mol. The van der Waals surface area contributed by atoms with Crippen molar-refractivity contribution in [2.75, 3.05) is 18.9 Å².